The fourth-order valence-electron chi connectivity index (χ4n) is 2.99. The monoisotopic (exact) mass is 348 g/mol. The number of thiazole rings is 1. The van der Waals surface area contributed by atoms with Gasteiger partial charge in [0.15, 0.2) is 0 Å². The van der Waals surface area contributed by atoms with Crippen LogP contribution >= 0.6 is 11.3 Å². The Balaban J connectivity index is 1.70. The van der Waals surface area contributed by atoms with Crippen molar-refractivity contribution in [3.63, 3.8) is 0 Å². The Morgan fingerprint density at radius 3 is 2.96 bits per heavy atom. The summed E-state index contributed by atoms with van der Waals surface area (Å²) in [5.41, 5.74) is 1.98. The average Bonchev–Trinajstić information content (AvgIpc) is 3.25. The Labute approximate surface area is 146 Å². The van der Waals surface area contributed by atoms with Gasteiger partial charge in [0.05, 0.1) is 24.8 Å². The van der Waals surface area contributed by atoms with E-state index >= 15 is 0 Å². The van der Waals surface area contributed by atoms with Crippen molar-refractivity contribution in [1.29, 1.82) is 0 Å². The van der Waals surface area contributed by atoms with Gasteiger partial charge in [-0.05, 0) is 27.2 Å². The molecule has 1 aliphatic rings. The molecule has 0 spiro atoms. The van der Waals surface area contributed by atoms with Crippen LogP contribution in [-0.2, 0) is 16.1 Å². The highest BCUT2D eigenvalue weighted by molar-refractivity contribution is 7.09. The second-order valence-electron chi connectivity index (χ2n) is 6.61. The predicted octanol–water partition coefficient (Wildman–Crippen LogP) is 2.97. The van der Waals surface area contributed by atoms with E-state index in [-0.39, 0.29) is 17.9 Å². The first kappa shape index (κ1) is 17.1. The Bertz CT molecular complexity index is 709. The number of amides is 1. The smallest absolute Gasteiger partial charge is 0.228 e. The van der Waals surface area contributed by atoms with E-state index in [0.717, 1.165) is 22.7 Å². The molecule has 2 aromatic rings. The van der Waals surface area contributed by atoms with E-state index in [1.165, 1.54) is 0 Å². The molecule has 0 aromatic carbocycles. The third-order valence-corrected chi connectivity index (χ3v) is 5.25. The number of aromatic nitrogens is 3. The molecule has 0 N–H and O–H groups in total. The van der Waals surface area contributed by atoms with Gasteiger partial charge in [0.1, 0.15) is 5.01 Å². The number of carbonyl (C=O) groups excluding carboxylic acids is 1. The van der Waals surface area contributed by atoms with Crippen LogP contribution in [0, 0.1) is 12.8 Å². The summed E-state index contributed by atoms with van der Waals surface area (Å²) in [4.78, 5) is 19.1. The molecule has 1 aliphatic heterocycles. The number of carbonyl (C=O) groups is 1. The lowest BCUT2D eigenvalue weighted by molar-refractivity contribution is -0.136. The van der Waals surface area contributed by atoms with Gasteiger partial charge in [-0.15, -0.1) is 11.3 Å². The van der Waals surface area contributed by atoms with Gasteiger partial charge in [-0.25, -0.2) is 4.98 Å². The molecule has 1 fully saturated rings. The van der Waals surface area contributed by atoms with Gasteiger partial charge >= 0.3 is 0 Å². The van der Waals surface area contributed by atoms with Crippen LogP contribution < -0.4 is 0 Å². The SMILES string of the molecule is Cc1csc(CN(C)C(=O)[C@H]2CCO[C@@H]2c2cnn(C(C)C)c2)n1. The van der Waals surface area contributed by atoms with Gasteiger partial charge in [-0.1, -0.05) is 0 Å². The second-order valence-corrected chi connectivity index (χ2v) is 7.55. The molecule has 130 valence electrons. The first-order chi connectivity index (χ1) is 11.5. The van der Waals surface area contributed by atoms with Crippen LogP contribution in [0.15, 0.2) is 17.8 Å². The minimum Gasteiger partial charge on any atom is -0.373 e. The summed E-state index contributed by atoms with van der Waals surface area (Å²) >= 11 is 1.59. The summed E-state index contributed by atoms with van der Waals surface area (Å²) in [6.45, 7) is 7.29. The van der Waals surface area contributed by atoms with E-state index in [2.05, 4.69) is 23.9 Å². The Kier molecular flexibility index (Phi) is 5.01. The van der Waals surface area contributed by atoms with Crippen molar-refractivity contribution < 1.29 is 9.53 Å². The predicted molar refractivity (Wildman–Crippen MR) is 92.7 cm³/mol. The fourth-order valence-corrected chi connectivity index (χ4v) is 3.82. The van der Waals surface area contributed by atoms with Crippen LogP contribution in [-0.4, -0.2) is 39.2 Å². The second kappa shape index (κ2) is 7.03. The molecule has 0 radical (unpaired) electrons. The molecule has 7 heteroatoms. The maximum Gasteiger partial charge on any atom is 0.228 e. The molecule has 2 aromatic heterocycles. The van der Waals surface area contributed by atoms with Crippen LogP contribution in [0.2, 0.25) is 0 Å². The third kappa shape index (κ3) is 3.52. The third-order valence-electron chi connectivity index (χ3n) is 4.30. The first-order valence-electron chi connectivity index (χ1n) is 8.27. The summed E-state index contributed by atoms with van der Waals surface area (Å²) in [7, 11) is 1.84. The Hall–Kier alpha value is -1.73. The van der Waals surface area contributed by atoms with Crippen molar-refractivity contribution >= 4 is 17.2 Å². The summed E-state index contributed by atoms with van der Waals surface area (Å²) in [6.07, 6.45) is 4.36. The molecular formula is C17H24N4O2S. The molecule has 2 atom stereocenters. The van der Waals surface area contributed by atoms with E-state index in [9.17, 15) is 4.79 Å². The number of hydrogen-bond acceptors (Lipinski definition) is 5. The molecule has 1 amide bonds. The van der Waals surface area contributed by atoms with E-state index in [1.807, 2.05) is 36.4 Å². The van der Waals surface area contributed by atoms with Crippen LogP contribution in [0.4, 0.5) is 0 Å². The lowest BCUT2D eigenvalue weighted by atomic mass is 9.96. The topological polar surface area (TPSA) is 60.3 Å². The highest BCUT2D eigenvalue weighted by Gasteiger charge is 2.37. The average molecular weight is 348 g/mol. The van der Waals surface area contributed by atoms with Crippen molar-refractivity contribution in [2.75, 3.05) is 13.7 Å². The maximum absolute atomic E-state index is 12.9. The van der Waals surface area contributed by atoms with E-state index in [4.69, 9.17) is 4.74 Å². The highest BCUT2D eigenvalue weighted by atomic mass is 32.1. The Morgan fingerprint density at radius 1 is 1.54 bits per heavy atom. The van der Waals surface area contributed by atoms with Crippen molar-refractivity contribution in [1.82, 2.24) is 19.7 Å². The van der Waals surface area contributed by atoms with Gasteiger partial charge in [0.2, 0.25) is 5.91 Å². The van der Waals surface area contributed by atoms with Crippen LogP contribution in [0.1, 0.15) is 48.7 Å². The van der Waals surface area contributed by atoms with Gasteiger partial charge in [0.25, 0.3) is 0 Å². The van der Waals surface area contributed by atoms with E-state index in [0.29, 0.717) is 19.2 Å². The lowest BCUT2D eigenvalue weighted by Gasteiger charge is -2.23. The Morgan fingerprint density at radius 2 is 2.33 bits per heavy atom. The zero-order valence-corrected chi connectivity index (χ0v) is 15.4. The van der Waals surface area contributed by atoms with Gasteiger partial charge in [-0.3, -0.25) is 9.48 Å². The molecule has 6 nitrogen and oxygen atoms in total. The molecule has 1 saturated heterocycles. The minimum atomic E-state index is -0.203. The van der Waals surface area contributed by atoms with Crippen molar-refractivity contribution in [3.8, 4) is 0 Å². The van der Waals surface area contributed by atoms with Crippen molar-refractivity contribution in [2.45, 2.75) is 45.9 Å². The van der Waals surface area contributed by atoms with E-state index < -0.39 is 0 Å². The molecular weight excluding hydrogens is 324 g/mol. The molecule has 0 aliphatic carbocycles. The first-order valence-corrected chi connectivity index (χ1v) is 9.15. The lowest BCUT2D eigenvalue weighted by Crippen LogP contribution is -2.33. The number of hydrogen-bond donors (Lipinski definition) is 0. The summed E-state index contributed by atoms with van der Waals surface area (Å²) in [5.74, 6) is -0.0384. The van der Waals surface area contributed by atoms with Crippen molar-refractivity contribution in [3.05, 3.63) is 34.0 Å². The van der Waals surface area contributed by atoms with E-state index in [1.54, 1.807) is 16.2 Å². The van der Waals surface area contributed by atoms with Crippen LogP contribution in [0.3, 0.4) is 0 Å². The normalized spacial score (nSPS) is 20.7. The van der Waals surface area contributed by atoms with Gasteiger partial charge < -0.3 is 9.64 Å². The molecule has 0 saturated carbocycles. The maximum atomic E-state index is 12.9. The van der Waals surface area contributed by atoms with Crippen molar-refractivity contribution in [2.24, 2.45) is 5.92 Å². The molecule has 3 rings (SSSR count). The zero-order chi connectivity index (χ0) is 17.3. The van der Waals surface area contributed by atoms with Crippen LogP contribution in [0.25, 0.3) is 0 Å². The molecule has 0 bridgehead atoms. The summed E-state index contributed by atoms with van der Waals surface area (Å²) in [6, 6.07) is 0.296. The standard InChI is InChI=1S/C17H24N4O2S/c1-11(2)21-8-13(7-18-21)16-14(5-6-23-16)17(22)20(4)9-15-19-12(3)10-24-15/h7-8,10-11,14,16H,5-6,9H2,1-4H3/t14-,16+/m0/s1. The number of ether oxygens (including phenoxy) is 1. The molecule has 0 unspecified atom stereocenters. The zero-order valence-electron chi connectivity index (χ0n) is 14.6. The number of nitrogens with zero attached hydrogens (tertiary/aromatic N) is 4. The fraction of sp³-hybridized carbons (Fsp3) is 0.588. The number of rotatable bonds is 5. The van der Waals surface area contributed by atoms with Gasteiger partial charge in [0, 0.05) is 42.5 Å². The molecule has 24 heavy (non-hydrogen) atoms. The highest BCUT2D eigenvalue weighted by Crippen LogP contribution is 2.36. The van der Waals surface area contributed by atoms with Gasteiger partial charge in [-0.2, -0.15) is 5.10 Å². The summed E-state index contributed by atoms with van der Waals surface area (Å²) in [5, 5.41) is 7.35. The summed E-state index contributed by atoms with van der Waals surface area (Å²) < 4.78 is 7.76. The van der Waals surface area contributed by atoms with Crippen LogP contribution in [0.5, 0.6) is 0 Å². The molecule has 3 heterocycles. The quantitative estimate of drug-likeness (QED) is 0.833. The number of aryl methyl sites for hydroxylation is 1. The minimum absolute atomic E-state index is 0.114. The largest absolute Gasteiger partial charge is 0.373 e.